The third-order valence-electron chi connectivity index (χ3n) is 3.27. The van der Waals surface area contributed by atoms with Crippen molar-refractivity contribution in [2.24, 2.45) is 0 Å². The van der Waals surface area contributed by atoms with Crippen LogP contribution in [0.5, 0.6) is 0 Å². The molecule has 0 aliphatic rings. The van der Waals surface area contributed by atoms with Gasteiger partial charge in [0, 0.05) is 16.8 Å². The molecule has 2 aromatic heterocycles. The van der Waals surface area contributed by atoms with Crippen LogP contribution in [0.3, 0.4) is 0 Å². The Bertz CT molecular complexity index is 778. The number of thiazole rings is 1. The molecule has 2 heterocycles. The fraction of sp³-hybridized carbons (Fsp3) is 0.385. The highest BCUT2D eigenvalue weighted by molar-refractivity contribution is 7.17. The van der Waals surface area contributed by atoms with E-state index in [9.17, 15) is 14.4 Å². The minimum Gasteiger partial charge on any atom is -0.480 e. The van der Waals surface area contributed by atoms with E-state index in [-0.39, 0.29) is 12.0 Å². The lowest BCUT2D eigenvalue weighted by atomic mass is 10.2. The zero-order chi connectivity index (χ0) is 15.7. The number of carbonyl (C=O) groups excluding carboxylic acids is 1. The monoisotopic (exact) mass is 309 g/mol. The molecule has 0 aromatic carbocycles. The Hall–Kier alpha value is -2.22. The zero-order valence-electron chi connectivity index (χ0n) is 11.8. The second-order valence-electron chi connectivity index (χ2n) is 4.61. The molecule has 21 heavy (non-hydrogen) atoms. The van der Waals surface area contributed by atoms with Gasteiger partial charge in [0.25, 0.3) is 11.5 Å². The van der Waals surface area contributed by atoms with Crippen LogP contribution in [0.15, 0.2) is 11.0 Å². The molecule has 1 unspecified atom stereocenters. The molecule has 0 spiro atoms. The van der Waals surface area contributed by atoms with E-state index < -0.39 is 23.5 Å². The van der Waals surface area contributed by atoms with E-state index in [1.165, 1.54) is 21.9 Å². The molecule has 0 bridgehead atoms. The molecule has 112 valence electrons. The number of aliphatic carboxylic acids is 1. The van der Waals surface area contributed by atoms with Crippen molar-refractivity contribution in [2.45, 2.75) is 33.2 Å². The average Bonchev–Trinajstić information content (AvgIpc) is 2.72. The van der Waals surface area contributed by atoms with Crippen molar-refractivity contribution in [1.29, 1.82) is 0 Å². The summed E-state index contributed by atoms with van der Waals surface area (Å²) in [4.78, 5) is 40.9. The van der Waals surface area contributed by atoms with Crippen LogP contribution < -0.4 is 10.9 Å². The Kier molecular flexibility index (Phi) is 4.08. The molecule has 0 aliphatic heterocycles. The number of carboxylic acids is 1. The highest BCUT2D eigenvalue weighted by Crippen LogP contribution is 2.18. The molecule has 0 fully saturated rings. The van der Waals surface area contributed by atoms with Crippen molar-refractivity contribution in [2.75, 3.05) is 0 Å². The van der Waals surface area contributed by atoms with Gasteiger partial charge in [-0.2, -0.15) is 0 Å². The number of hydrogen-bond donors (Lipinski definition) is 2. The summed E-state index contributed by atoms with van der Waals surface area (Å²) in [5.74, 6) is -1.86. The first-order valence-corrected chi connectivity index (χ1v) is 7.19. The predicted molar refractivity (Wildman–Crippen MR) is 78.0 cm³/mol. The number of amides is 1. The van der Waals surface area contributed by atoms with Gasteiger partial charge in [0.05, 0.1) is 0 Å². The summed E-state index contributed by atoms with van der Waals surface area (Å²) in [7, 11) is 0. The highest BCUT2D eigenvalue weighted by atomic mass is 32.1. The summed E-state index contributed by atoms with van der Waals surface area (Å²) < 4.78 is 1.37. The SMILES string of the molecule is CCC(NC(=O)c1cnc2sc(C)c(C)n2c1=O)C(=O)O. The maximum Gasteiger partial charge on any atom is 0.326 e. The lowest BCUT2D eigenvalue weighted by Crippen LogP contribution is -2.42. The van der Waals surface area contributed by atoms with Gasteiger partial charge in [-0.25, -0.2) is 9.78 Å². The molecule has 2 N–H and O–H groups in total. The van der Waals surface area contributed by atoms with Crippen LogP contribution in [0, 0.1) is 13.8 Å². The van der Waals surface area contributed by atoms with Crippen LogP contribution in [0.25, 0.3) is 4.96 Å². The summed E-state index contributed by atoms with van der Waals surface area (Å²) in [6.45, 7) is 5.28. The Morgan fingerprint density at radius 3 is 2.71 bits per heavy atom. The normalized spacial score (nSPS) is 12.3. The van der Waals surface area contributed by atoms with Crippen molar-refractivity contribution >= 4 is 28.2 Å². The van der Waals surface area contributed by atoms with Crippen molar-refractivity contribution < 1.29 is 14.7 Å². The molecule has 1 amide bonds. The Morgan fingerprint density at radius 2 is 2.14 bits per heavy atom. The van der Waals surface area contributed by atoms with Crippen LogP contribution in [0.4, 0.5) is 0 Å². The molecule has 0 saturated heterocycles. The minimum absolute atomic E-state index is 0.159. The van der Waals surface area contributed by atoms with Gasteiger partial charge in [-0.15, -0.1) is 11.3 Å². The zero-order valence-corrected chi connectivity index (χ0v) is 12.7. The lowest BCUT2D eigenvalue weighted by Gasteiger charge is -2.11. The summed E-state index contributed by atoms with van der Waals surface area (Å²) >= 11 is 1.36. The predicted octanol–water partition coefficient (Wildman–Crippen LogP) is 0.966. The smallest absolute Gasteiger partial charge is 0.326 e. The van der Waals surface area contributed by atoms with Gasteiger partial charge in [-0.1, -0.05) is 6.92 Å². The summed E-state index contributed by atoms with van der Waals surface area (Å²) in [5, 5.41) is 11.3. The fourth-order valence-corrected chi connectivity index (χ4v) is 2.84. The van der Waals surface area contributed by atoms with E-state index in [4.69, 9.17) is 5.11 Å². The van der Waals surface area contributed by atoms with Gasteiger partial charge in [-0.3, -0.25) is 14.0 Å². The third kappa shape index (κ3) is 2.66. The molecule has 0 radical (unpaired) electrons. The van der Waals surface area contributed by atoms with Gasteiger partial charge in [-0.05, 0) is 20.3 Å². The second-order valence-corrected chi connectivity index (χ2v) is 5.79. The number of carboxylic acid groups (broad SMARTS) is 1. The number of hydrogen-bond acceptors (Lipinski definition) is 5. The standard InChI is InChI=1S/C13H15N3O4S/c1-4-9(12(19)20)15-10(17)8-5-14-13-16(11(8)18)6(2)7(3)21-13/h5,9H,4H2,1-3H3,(H,15,17)(H,19,20). The summed E-state index contributed by atoms with van der Waals surface area (Å²) in [5.41, 5.74) is 0.0834. The largest absolute Gasteiger partial charge is 0.480 e. The molecule has 2 rings (SSSR count). The van der Waals surface area contributed by atoms with Gasteiger partial charge < -0.3 is 10.4 Å². The number of aromatic nitrogens is 2. The number of carbonyl (C=O) groups is 2. The van der Waals surface area contributed by atoms with E-state index in [0.29, 0.717) is 4.96 Å². The van der Waals surface area contributed by atoms with Crippen LogP contribution >= 0.6 is 11.3 Å². The lowest BCUT2D eigenvalue weighted by molar-refractivity contribution is -0.139. The number of nitrogens with one attached hydrogen (secondary N) is 1. The van der Waals surface area contributed by atoms with E-state index in [2.05, 4.69) is 10.3 Å². The molecular formula is C13H15N3O4S. The molecule has 0 aliphatic carbocycles. The highest BCUT2D eigenvalue weighted by Gasteiger charge is 2.22. The van der Waals surface area contributed by atoms with Crippen molar-refractivity contribution in [1.82, 2.24) is 14.7 Å². The van der Waals surface area contributed by atoms with E-state index in [1.54, 1.807) is 13.8 Å². The molecule has 8 heteroatoms. The van der Waals surface area contributed by atoms with Gasteiger partial charge in [0.15, 0.2) is 4.96 Å². The second kappa shape index (κ2) is 5.65. The molecule has 2 aromatic rings. The number of aryl methyl sites for hydroxylation is 2. The minimum atomic E-state index is -1.14. The van der Waals surface area contributed by atoms with Gasteiger partial charge in [0.1, 0.15) is 11.6 Å². The van der Waals surface area contributed by atoms with E-state index in [0.717, 1.165) is 10.6 Å². The molecular weight excluding hydrogens is 294 g/mol. The number of rotatable bonds is 4. The average molecular weight is 309 g/mol. The summed E-state index contributed by atoms with van der Waals surface area (Å²) in [6, 6.07) is -1.03. The first-order chi connectivity index (χ1) is 9.86. The van der Waals surface area contributed by atoms with E-state index >= 15 is 0 Å². The van der Waals surface area contributed by atoms with Crippen LogP contribution in [-0.4, -0.2) is 32.4 Å². The quantitative estimate of drug-likeness (QED) is 0.876. The van der Waals surface area contributed by atoms with E-state index in [1.807, 2.05) is 6.92 Å². The topological polar surface area (TPSA) is 101 Å². The molecule has 0 saturated carbocycles. The molecule has 1 atom stereocenters. The van der Waals surface area contributed by atoms with Crippen molar-refractivity contribution in [3.05, 3.63) is 32.7 Å². The third-order valence-corrected chi connectivity index (χ3v) is 4.35. The molecule has 7 nitrogen and oxygen atoms in total. The Labute approximate surface area is 124 Å². The fourth-order valence-electron chi connectivity index (χ4n) is 1.91. The maximum atomic E-state index is 12.4. The first kappa shape index (κ1) is 15.2. The Balaban J connectivity index is 2.45. The van der Waals surface area contributed by atoms with Gasteiger partial charge >= 0.3 is 5.97 Å². The van der Waals surface area contributed by atoms with Gasteiger partial charge in [0.2, 0.25) is 0 Å². The summed E-state index contributed by atoms with van der Waals surface area (Å²) in [6.07, 6.45) is 1.42. The Morgan fingerprint density at radius 1 is 1.48 bits per heavy atom. The number of nitrogens with zero attached hydrogens (tertiary/aromatic N) is 2. The van der Waals surface area contributed by atoms with Crippen molar-refractivity contribution in [3.8, 4) is 0 Å². The van der Waals surface area contributed by atoms with Crippen LogP contribution in [0.1, 0.15) is 34.3 Å². The van der Waals surface area contributed by atoms with Crippen LogP contribution in [-0.2, 0) is 4.79 Å². The number of fused-ring (bicyclic) bond motifs is 1. The maximum absolute atomic E-state index is 12.4. The first-order valence-electron chi connectivity index (χ1n) is 6.38. The van der Waals surface area contributed by atoms with Crippen molar-refractivity contribution in [3.63, 3.8) is 0 Å². The van der Waals surface area contributed by atoms with Crippen LogP contribution in [0.2, 0.25) is 0 Å².